The molecule has 3 rings (SSSR count). The number of hydrogen-bond acceptors (Lipinski definition) is 5. The van der Waals surface area contributed by atoms with Crippen LogP contribution in [0.15, 0.2) is 23.1 Å². The van der Waals surface area contributed by atoms with Crippen LogP contribution >= 0.6 is 11.6 Å². The number of carbonyl (C=O) groups excluding carboxylic acids is 1. The van der Waals surface area contributed by atoms with E-state index < -0.39 is 39.3 Å². The van der Waals surface area contributed by atoms with Gasteiger partial charge in [0.25, 0.3) is 0 Å². The molecule has 2 atom stereocenters. The summed E-state index contributed by atoms with van der Waals surface area (Å²) in [6.07, 6.45) is -2.64. The number of hydrogen-bond donors (Lipinski definition) is 1. The molecule has 2 saturated carbocycles. The molecule has 6 nitrogen and oxygen atoms in total. The van der Waals surface area contributed by atoms with Crippen LogP contribution in [0.4, 0.5) is 13.2 Å². The minimum atomic E-state index is -4.53. The van der Waals surface area contributed by atoms with Gasteiger partial charge < -0.3 is 10.1 Å². The fraction of sp³-hybridized carbons (Fsp3) is 0.556. The average molecular weight is 451 g/mol. The van der Waals surface area contributed by atoms with Crippen molar-refractivity contribution in [2.75, 3.05) is 6.61 Å². The summed E-state index contributed by atoms with van der Waals surface area (Å²) in [5, 5.41) is 10.7. The Labute approximate surface area is 170 Å². The van der Waals surface area contributed by atoms with E-state index in [1.54, 1.807) is 0 Å². The molecular formula is C18H18ClF3N2O4S. The lowest BCUT2D eigenvalue weighted by atomic mass is 10.1. The summed E-state index contributed by atoms with van der Waals surface area (Å²) in [7, 11) is -3.88. The van der Waals surface area contributed by atoms with Gasteiger partial charge in [-0.1, -0.05) is 11.6 Å². The topological polar surface area (TPSA) is 96.3 Å². The summed E-state index contributed by atoms with van der Waals surface area (Å²) in [6.45, 7) is -1.51. The molecule has 0 radical (unpaired) electrons. The SMILES string of the molecule is N#CC1(NC(=O)[C@H]2CC[C@H](S(=O)(=O)c3ccc(OCC(F)(F)F)cc3Cl)C2)CC1. The van der Waals surface area contributed by atoms with Crippen LogP contribution in [-0.4, -0.2) is 37.9 Å². The van der Waals surface area contributed by atoms with Gasteiger partial charge in [0, 0.05) is 12.0 Å². The Morgan fingerprint density at radius 2 is 2.03 bits per heavy atom. The van der Waals surface area contributed by atoms with Gasteiger partial charge in [0.15, 0.2) is 16.4 Å². The van der Waals surface area contributed by atoms with Crippen LogP contribution in [0.25, 0.3) is 0 Å². The maximum absolute atomic E-state index is 12.9. The lowest BCUT2D eigenvalue weighted by Crippen LogP contribution is -2.39. The number of nitriles is 1. The first kappa shape index (κ1) is 21.7. The number of ether oxygens (including phenoxy) is 1. The quantitative estimate of drug-likeness (QED) is 0.716. The summed E-state index contributed by atoms with van der Waals surface area (Å²) in [5.41, 5.74) is -0.816. The lowest BCUT2D eigenvalue weighted by molar-refractivity contribution is -0.153. The molecule has 1 N–H and O–H groups in total. The van der Waals surface area contributed by atoms with Gasteiger partial charge in [-0.05, 0) is 44.2 Å². The second-order valence-corrected chi connectivity index (χ2v) is 9.96. The van der Waals surface area contributed by atoms with E-state index in [0.717, 1.165) is 18.2 Å². The predicted octanol–water partition coefficient (Wildman–Crippen LogP) is 3.40. The molecule has 0 bridgehead atoms. The molecule has 0 aromatic heterocycles. The van der Waals surface area contributed by atoms with Crippen molar-refractivity contribution < 1.29 is 31.1 Å². The molecule has 0 saturated heterocycles. The van der Waals surface area contributed by atoms with Crippen LogP contribution in [0, 0.1) is 17.2 Å². The van der Waals surface area contributed by atoms with Crippen LogP contribution < -0.4 is 10.1 Å². The molecule has 0 aliphatic heterocycles. The monoisotopic (exact) mass is 450 g/mol. The molecule has 0 unspecified atom stereocenters. The largest absolute Gasteiger partial charge is 0.484 e. The van der Waals surface area contributed by atoms with Crippen LogP contribution in [-0.2, 0) is 14.6 Å². The Morgan fingerprint density at radius 1 is 1.34 bits per heavy atom. The molecule has 1 amide bonds. The summed E-state index contributed by atoms with van der Waals surface area (Å²) >= 11 is 6.00. The first-order chi connectivity index (χ1) is 13.5. The number of sulfone groups is 1. The number of carbonyl (C=O) groups is 1. The van der Waals surface area contributed by atoms with Crippen molar-refractivity contribution in [3.05, 3.63) is 23.2 Å². The fourth-order valence-electron chi connectivity index (χ4n) is 3.33. The molecule has 0 spiro atoms. The molecule has 158 valence electrons. The van der Waals surface area contributed by atoms with Crippen molar-refractivity contribution in [3.63, 3.8) is 0 Å². The van der Waals surface area contributed by atoms with Crippen molar-refractivity contribution >= 4 is 27.3 Å². The average Bonchev–Trinajstić information content (AvgIpc) is 3.21. The van der Waals surface area contributed by atoms with Gasteiger partial charge in [-0.15, -0.1) is 0 Å². The first-order valence-corrected chi connectivity index (χ1v) is 10.8. The number of nitrogens with zero attached hydrogens (tertiary/aromatic N) is 1. The number of rotatable bonds is 6. The summed E-state index contributed by atoms with van der Waals surface area (Å²) < 4.78 is 67.1. The molecular weight excluding hydrogens is 433 g/mol. The molecule has 29 heavy (non-hydrogen) atoms. The Morgan fingerprint density at radius 3 is 2.59 bits per heavy atom. The van der Waals surface area contributed by atoms with Gasteiger partial charge in [-0.25, -0.2) is 8.42 Å². The Bertz CT molecular complexity index is 955. The van der Waals surface area contributed by atoms with Gasteiger partial charge in [0.2, 0.25) is 5.91 Å². The zero-order valence-corrected chi connectivity index (χ0v) is 16.7. The van der Waals surface area contributed by atoms with Gasteiger partial charge in [0.05, 0.1) is 21.2 Å². The first-order valence-electron chi connectivity index (χ1n) is 8.92. The third-order valence-corrected chi connectivity index (χ3v) is 7.83. The number of benzene rings is 1. The van der Waals surface area contributed by atoms with Crippen LogP contribution in [0.1, 0.15) is 32.1 Å². The zero-order chi connectivity index (χ0) is 21.4. The standard InChI is InChI=1S/C18H18ClF3N2O4S/c19-14-8-12(28-10-18(20,21)22)2-4-15(14)29(26,27)13-3-1-11(7-13)16(25)24-17(9-23)5-6-17/h2,4,8,11,13H,1,3,5-7,10H2,(H,24,25)/t11-,13-/m0/s1. The summed E-state index contributed by atoms with van der Waals surface area (Å²) in [4.78, 5) is 12.1. The molecule has 1 aromatic carbocycles. The second-order valence-electron chi connectivity index (χ2n) is 7.36. The lowest BCUT2D eigenvalue weighted by Gasteiger charge is -2.16. The number of alkyl halides is 3. The minimum Gasteiger partial charge on any atom is -0.484 e. The van der Waals surface area contributed by atoms with E-state index in [2.05, 4.69) is 16.1 Å². The van der Waals surface area contributed by atoms with Crippen molar-refractivity contribution in [1.29, 1.82) is 5.26 Å². The van der Waals surface area contributed by atoms with E-state index in [0.29, 0.717) is 19.3 Å². The highest BCUT2D eigenvalue weighted by molar-refractivity contribution is 7.92. The van der Waals surface area contributed by atoms with E-state index in [1.165, 1.54) is 0 Å². The number of amides is 1. The van der Waals surface area contributed by atoms with Crippen LogP contribution in [0.5, 0.6) is 5.75 Å². The summed E-state index contributed by atoms with van der Waals surface area (Å²) in [5.74, 6) is -1.04. The van der Waals surface area contributed by atoms with Gasteiger partial charge in [0.1, 0.15) is 11.3 Å². The second kappa shape index (κ2) is 7.69. The Balaban J connectivity index is 1.68. The van der Waals surface area contributed by atoms with Crippen molar-refractivity contribution in [2.24, 2.45) is 5.92 Å². The van der Waals surface area contributed by atoms with Crippen LogP contribution in [0.2, 0.25) is 5.02 Å². The molecule has 2 fully saturated rings. The molecule has 1 aromatic rings. The van der Waals surface area contributed by atoms with E-state index in [4.69, 9.17) is 16.9 Å². The smallest absolute Gasteiger partial charge is 0.422 e. The molecule has 2 aliphatic rings. The van der Waals surface area contributed by atoms with E-state index >= 15 is 0 Å². The van der Waals surface area contributed by atoms with E-state index in [9.17, 15) is 26.4 Å². The Kier molecular flexibility index (Phi) is 5.75. The van der Waals surface area contributed by atoms with Crippen LogP contribution in [0.3, 0.4) is 0 Å². The molecule has 11 heteroatoms. The van der Waals surface area contributed by atoms with E-state index in [1.807, 2.05) is 0 Å². The van der Waals surface area contributed by atoms with Crippen molar-refractivity contribution in [2.45, 2.75) is 54.0 Å². The van der Waals surface area contributed by atoms with Gasteiger partial charge in [-0.3, -0.25) is 4.79 Å². The van der Waals surface area contributed by atoms with Crippen molar-refractivity contribution in [3.8, 4) is 11.8 Å². The van der Waals surface area contributed by atoms with E-state index in [-0.39, 0.29) is 34.4 Å². The maximum Gasteiger partial charge on any atom is 0.422 e. The highest BCUT2D eigenvalue weighted by Crippen LogP contribution is 2.39. The Hall–Kier alpha value is -1.99. The molecule has 0 heterocycles. The van der Waals surface area contributed by atoms with Gasteiger partial charge >= 0.3 is 6.18 Å². The number of halogens is 4. The third kappa shape index (κ3) is 4.95. The zero-order valence-electron chi connectivity index (χ0n) is 15.1. The number of nitrogens with one attached hydrogen (secondary N) is 1. The predicted molar refractivity (Wildman–Crippen MR) is 97.0 cm³/mol. The fourth-order valence-corrected chi connectivity index (χ4v) is 5.71. The molecule has 2 aliphatic carbocycles. The maximum atomic E-state index is 12.9. The normalized spacial score (nSPS) is 23.3. The van der Waals surface area contributed by atoms with Crippen molar-refractivity contribution in [1.82, 2.24) is 5.32 Å². The highest BCUT2D eigenvalue weighted by atomic mass is 35.5. The van der Waals surface area contributed by atoms with Gasteiger partial charge in [-0.2, -0.15) is 18.4 Å². The summed E-state index contributed by atoms with van der Waals surface area (Å²) in [6, 6.07) is 5.32. The highest BCUT2D eigenvalue weighted by Gasteiger charge is 2.47. The third-order valence-electron chi connectivity index (χ3n) is 5.13. The minimum absolute atomic E-state index is 0.0956.